The summed E-state index contributed by atoms with van der Waals surface area (Å²) in [5.41, 5.74) is 8.98. The number of nitrogens with two attached hydrogens (primary N) is 1. The van der Waals surface area contributed by atoms with E-state index >= 15 is 0 Å². The Morgan fingerprint density at radius 3 is 2.81 bits per heavy atom. The summed E-state index contributed by atoms with van der Waals surface area (Å²) < 4.78 is 0. The van der Waals surface area contributed by atoms with E-state index in [4.69, 9.17) is 5.73 Å². The number of H-pyrrole nitrogens is 1. The average Bonchev–Trinajstić information content (AvgIpc) is 3.11. The Morgan fingerprint density at radius 2 is 2.11 bits per heavy atom. The van der Waals surface area contributed by atoms with Crippen molar-refractivity contribution in [3.63, 3.8) is 0 Å². The van der Waals surface area contributed by atoms with Crippen LogP contribution in [0.3, 0.4) is 0 Å². The summed E-state index contributed by atoms with van der Waals surface area (Å²) in [5.74, 6) is 0.591. The minimum atomic E-state index is -0.467. The molecule has 1 heterocycles. The lowest BCUT2D eigenvalue weighted by Crippen LogP contribution is -2.23. The molecule has 0 aliphatic rings. The first-order chi connectivity index (χ1) is 13.0. The van der Waals surface area contributed by atoms with Gasteiger partial charge in [0.2, 0.25) is 5.16 Å². The highest BCUT2D eigenvalue weighted by Gasteiger charge is 2.17. The molecule has 0 atom stereocenters. The van der Waals surface area contributed by atoms with Crippen molar-refractivity contribution in [2.24, 2.45) is 10.8 Å². The van der Waals surface area contributed by atoms with Crippen LogP contribution < -0.4 is 11.2 Å². The molecule has 0 saturated carbocycles. The molecule has 1 aromatic heterocycles. The van der Waals surface area contributed by atoms with Gasteiger partial charge in [0.15, 0.2) is 10.9 Å². The van der Waals surface area contributed by atoms with Crippen LogP contribution in [-0.2, 0) is 0 Å². The van der Waals surface area contributed by atoms with E-state index in [1.54, 1.807) is 12.1 Å². The molecule has 0 spiro atoms. The van der Waals surface area contributed by atoms with Crippen LogP contribution in [0.15, 0.2) is 63.7 Å². The molecule has 0 aliphatic carbocycles. The molecule has 2 aromatic carbocycles. The predicted octanol–water partition coefficient (Wildman–Crippen LogP) is 2.70. The van der Waals surface area contributed by atoms with E-state index in [1.165, 1.54) is 12.3 Å². The Hall–Kier alpha value is -3.31. The predicted molar refractivity (Wildman–Crippen MR) is 107 cm³/mol. The molecule has 0 unspecified atom stereocenters. The molecule has 0 radical (unpaired) electrons. The van der Waals surface area contributed by atoms with E-state index in [0.29, 0.717) is 21.4 Å². The van der Waals surface area contributed by atoms with Crippen molar-refractivity contribution in [2.45, 2.75) is 10.1 Å². The first-order valence-electron chi connectivity index (χ1n) is 7.55. The van der Waals surface area contributed by atoms with E-state index in [0.717, 1.165) is 17.3 Å². The van der Waals surface area contributed by atoms with Gasteiger partial charge in [0.1, 0.15) is 0 Å². The van der Waals surface area contributed by atoms with Crippen LogP contribution in [0, 0.1) is 10.1 Å². The molecule has 0 fully saturated rings. The largest absolute Gasteiger partial charge is 0.375 e. The number of nitrogens with one attached hydrogen (secondary N) is 2. The average molecular weight is 399 g/mol. The summed E-state index contributed by atoms with van der Waals surface area (Å²) in [7, 11) is 0. The zero-order chi connectivity index (χ0) is 19.2. The number of benzene rings is 2. The van der Waals surface area contributed by atoms with E-state index in [-0.39, 0.29) is 10.8 Å². The molecule has 0 aliphatic heterocycles. The molecule has 3 rings (SSSR count). The molecule has 27 heavy (non-hydrogen) atoms. The molecular formula is C16H13N7O2S2. The van der Waals surface area contributed by atoms with Gasteiger partial charge in [-0.25, -0.2) is 4.98 Å². The van der Waals surface area contributed by atoms with Crippen molar-refractivity contribution in [3.8, 4) is 11.4 Å². The zero-order valence-electron chi connectivity index (χ0n) is 13.7. The van der Waals surface area contributed by atoms with Crippen LogP contribution in [0.4, 0.5) is 5.69 Å². The highest BCUT2D eigenvalue weighted by molar-refractivity contribution is 7.99. The second kappa shape index (κ2) is 8.38. The van der Waals surface area contributed by atoms with Gasteiger partial charge < -0.3 is 5.73 Å². The number of aromatic nitrogens is 3. The Labute approximate surface area is 163 Å². The lowest BCUT2D eigenvalue weighted by Gasteiger charge is -2.01. The fourth-order valence-electron chi connectivity index (χ4n) is 2.13. The maximum atomic E-state index is 11.4. The van der Waals surface area contributed by atoms with Crippen molar-refractivity contribution >= 4 is 41.0 Å². The molecule has 0 bridgehead atoms. The Kier molecular flexibility index (Phi) is 5.74. The third-order valence-corrected chi connectivity index (χ3v) is 4.30. The standard InChI is InChI=1S/C16H13N7O2S2/c17-15(26)21-18-9-10-6-7-13(12(8-10)23(24)25)27-16-19-14(20-22-16)11-4-2-1-3-5-11/h1-9H,(H3,17,21,26)(H,19,20,22)/b18-9-. The highest BCUT2D eigenvalue weighted by Crippen LogP contribution is 2.34. The van der Waals surface area contributed by atoms with Crippen LogP contribution in [-0.4, -0.2) is 31.4 Å². The van der Waals surface area contributed by atoms with E-state index < -0.39 is 4.92 Å². The van der Waals surface area contributed by atoms with Crippen molar-refractivity contribution in [2.75, 3.05) is 0 Å². The van der Waals surface area contributed by atoms with Gasteiger partial charge in [0.25, 0.3) is 5.69 Å². The number of thiocarbonyl (C=S) groups is 1. The summed E-state index contributed by atoms with van der Waals surface area (Å²) in [6.07, 6.45) is 1.39. The van der Waals surface area contributed by atoms with Crippen LogP contribution in [0.2, 0.25) is 0 Å². The first-order valence-corrected chi connectivity index (χ1v) is 8.78. The summed E-state index contributed by atoms with van der Waals surface area (Å²) in [5, 5.41) is 22.6. The first kappa shape index (κ1) is 18.5. The summed E-state index contributed by atoms with van der Waals surface area (Å²) in [4.78, 5) is 15.7. The van der Waals surface area contributed by atoms with Crippen molar-refractivity contribution in [1.29, 1.82) is 0 Å². The topological polar surface area (TPSA) is 135 Å². The Balaban J connectivity index is 1.82. The van der Waals surface area contributed by atoms with Gasteiger partial charge in [0, 0.05) is 17.2 Å². The van der Waals surface area contributed by atoms with Crippen LogP contribution in [0.1, 0.15) is 5.56 Å². The second-order valence-corrected chi connectivity index (χ2v) is 6.60. The molecule has 136 valence electrons. The van der Waals surface area contributed by atoms with Crippen molar-refractivity contribution in [3.05, 3.63) is 64.2 Å². The maximum Gasteiger partial charge on any atom is 0.283 e. The van der Waals surface area contributed by atoms with Crippen LogP contribution in [0.5, 0.6) is 0 Å². The lowest BCUT2D eigenvalue weighted by molar-refractivity contribution is -0.387. The van der Waals surface area contributed by atoms with Gasteiger partial charge in [-0.05, 0) is 30.0 Å². The minimum Gasteiger partial charge on any atom is -0.375 e. The molecule has 4 N–H and O–H groups in total. The van der Waals surface area contributed by atoms with Gasteiger partial charge in [-0.1, -0.05) is 36.4 Å². The van der Waals surface area contributed by atoms with Gasteiger partial charge in [0.05, 0.1) is 16.0 Å². The van der Waals surface area contributed by atoms with Crippen LogP contribution >= 0.6 is 24.0 Å². The Morgan fingerprint density at radius 1 is 1.33 bits per heavy atom. The van der Waals surface area contributed by atoms with E-state index in [1.807, 2.05) is 30.3 Å². The smallest absolute Gasteiger partial charge is 0.283 e. The molecular weight excluding hydrogens is 386 g/mol. The molecule has 3 aromatic rings. The fraction of sp³-hybridized carbons (Fsp3) is 0. The monoisotopic (exact) mass is 399 g/mol. The third-order valence-electron chi connectivity index (χ3n) is 3.28. The van der Waals surface area contributed by atoms with Crippen LogP contribution in [0.25, 0.3) is 11.4 Å². The second-order valence-electron chi connectivity index (χ2n) is 5.15. The number of nitrogens with zero attached hydrogens (tertiary/aromatic N) is 4. The number of nitro benzene ring substituents is 1. The SMILES string of the molecule is NC(=S)N/N=C\c1ccc(Sc2n[nH]c(-c3ccccc3)n2)c([N+](=O)[O-])c1. The Bertz CT molecular complexity index is 1010. The normalized spacial score (nSPS) is 10.8. The summed E-state index contributed by atoms with van der Waals surface area (Å²) >= 11 is 5.73. The zero-order valence-corrected chi connectivity index (χ0v) is 15.3. The molecule has 11 heteroatoms. The molecule has 9 nitrogen and oxygen atoms in total. The maximum absolute atomic E-state index is 11.4. The number of hydrogen-bond acceptors (Lipinski definition) is 7. The highest BCUT2D eigenvalue weighted by atomic mass is 32.2. The molecule has 0 amide bonds. The fourth-order valence-corrected chi connectivity index (χ4v) is 2.98. The van der Waals surface area contributed by atoms with Gasteiger partial charge in [-0.15, -0.1) is 5.10 Å². The lowest BCUT2D eigenvalue weighted by atomic mass is 10.2. The summed E-state index contributed by atoms with van der Waals surface area (Å²) in [6.45, 7) is 0. The number of nitro groups is 1. The van der Waals surface area contributed by atoms with Gasteiger partial charge >= 0.3 is 0 Å². The van der Waals surface area contributed by atoms with Crippen molar-refractivity contribution < 1.29 is 4.92 Å². The molecule has 0 saturated heterocycles. The van der Waals surface area contributed by atoms with E-state index in [9.17, 15) is 10.1 Å². The van der Waals surface area contributed by atoms with Gasteiger partial charge in [-0.3, -0.25) is 20.6 Å². The number of rotatable bonds is 6. The quantitative estimate of drug-likeness (QED) is 0.249. The number of hydrazone groups is 1. The van der Waals surface area contributed by atoms with Crippen molar-refractivity contribution in [1.82, 2.24) is 20.6 Å². The van der Waals surface area contributed by atoms with Gasteiger partial charge in [-0.2, -0.15) is 5.10 Å². The number of hydrogen-bond donors (Lipinski definition) is 3. The minimum absolute atomic E-state index is 0.00625. The number of aromatic amines is 1. The third kappa shape index (κ3) is 4.86. The van der Waals surface area contributed by atoms with E-state index in [2.05, 4.69) is 37.9 Å². The summed E-state index contributed by atoms with van der Waals surface area (Å²) in [6, 6.07) is 14.2.